The number of nitro groups is 1. The summed E-state index contributed by atoms with van der Waals surface area (Å²) in [5.74, 6) is -0.150. The van der Waals surface area contributed by atoms with Gasteiger partial charge in [0.25, 0.3) is 5.69 Å². The van der Waals surface area contributed by atoms with Crippen LogP contribution in [0.25, 0.3) is 10.9 Å². The predicted molar refractivity (Wildman–Crippen MR) is 93.8 cm³/mol. The average molecular weight is 341 g/mol. The Labute approximate surface area is 141 Å². The number of benzene rings is 2. The van der Waals surface area contributed by atoms with Crippen molar-refractivity contribution in [1.29, 1.82) is 0 Å². The molecule has 24 heavy (non-hydrogen) atoms. The number of aromatic hydroxyl groups is 1. The van der Waals surface area contributed by atoms with Crippen molar-refractivity contribution in [2.45, 2.75) is 0 Å². The number of para-hydroxylation sites is 1. The minimum Gasteiger partial charge on any atom is -0.504 e. The molecule has 0 spiro atoms. The Morgan fingerprint density at radius 1 is 1.25 bits per heavy atom. The van der Waals surface area contributed by atoms with E-state index in [0.717, 1.165) is 5.69 Å². The molecule has 0 aliphatic rings. The van der Waals surface area contributed by atoms with Gasteiger partial charge < -0.3 is 15.4 Å². The van der Waals surface area contributed by atoms with Crippen molar-refractivity contribution in [2.75, 3.05) is 5.32 Å². The summed E-state index contributed by atoms with van der Waals surface area (Å²) >= 11 is 5.06. The third-order valence-electron chi connectivity index (χ3n) is 3.21. The first-order chi connectivity index (χ1) is 11.5. The van der Waals surface area contributed by atoms with Crippen molar-refractivity contribution < 1.29 is 10.0 Å². The molecule has 3 rings (SSSR count). The van der Waals surface area contributed by atoms with Gasteiger partial charge in [-0.05, 0) is 30.4 Å². The van der Waals surface area contributed by atoms with E-state index in [0.29, 0.717) is 10.9 Å². The molecule has 0 unspecified atom stereocenters. The van der Waals surface area contributed by atoms with E-state index in [2.05, 4.69) is 20.5 Å². The van der Waals surface area contributed by atoms with Crippen LogP contribution in [0.4, 0.5) is 17.2 Å². The largest absolute Gasteiger partial charge is 0.504 e. The summed E-state index contributed by atoms with van der Waals surface area (Å²) in [5.41, 5.74) is 1.15. The average Bonchev–Trinajstić information content (AvgIpc) is 2.89. The Morgan fingerprint density at radius 2 is 2.00 bits per heavy atom. The topological polar surface area (TPSA) is 116 Å². The van der Waals surface area contributed by atoms with Gasteiger partial charge in [-0.1, -0.05) is 18.2 Å². The molecule has 0 saturated heterocycles. The fourth-order valence-corrected chi connectivity index (χ4v) is 2.26. The maximum Gasteiger partial charge on any atom is 0.270 e. The number of nitro benzene ring substituents is 1. The van der Waals surface area contributed by atoms with Crippen LogP contribution in [0.1, 0.15) is 0 Å². The number of nitrogens with zero attached hydrogens (tertiary/aromatic N) is 3. The molecular formula is C15H11N5O3S. The van der Waals surface area contributed by atoms with Gasteiger partial charge >= 0.3 is 0 Å². The third kappa shape index (κ3) is 3.20. The number of nitrogens with one attached hydrogen (secondary N) is 2. The maximum absolute atomic E-state index is 10.8. The highest BCUT2D eigenvalue weighted by atomic mass is 32.1. The maximum atomic E-state index is 10.8. The van der Waals surface area contributed by atoms with Gasteiger partial charge in [0.05, 0.1) is 15.8 Å². The molecule has 0 aliphatic carbocycles. The number of hydrogen-bond acceptors (Lipinski definition) is 5. The number of azo groups is 1. The molecule has 8 nitrogen and oxygen atoms in total. The molecule has 0 fully saturated rings. The monoisotopic (exact) mass is 341 g/mol. The van der Waals surface area contributed by atoms with Gasteiger partial charge in [-0.25, -0.2) is 0 Å². The molecule has 0 saturated carbocycles. The number of rotatable bonds is 3. The second-order valence-corrected chi connectivity index (χ2v) is 5.19. The minimum absolute atomic E-state index is 0.0720. The molecule has 0 radical (unpaired) electrons. The summed E-state index contributed by atoms with van der Waals surface area (Å²) in [5, 5.41) is 31.9. The first kappa shape index (κ1) is 15.6. The Kier molecular flexibility index (Phi) is 4.17. The van der Waals surface area contributed by atoms with Crippen molar-refractivity contribution in [3.8, 4) is 5.75 Å². The second kappa shape index (κ2) is 6.42. The SMILES string of the molecule is O=[N+]([O-])c1ccc2[nH]c(N=NC(=S)Nc3ccccc3)c(O)c2c1. The van der Waals surface area contributed by atoms with E-state index in [-0.39, 0.29) is 22.4 Å². The zero-order chi connectivity index (χ0) is 17.1. The molecule has 0 aliphatic heterocycles. The first-order valence-electron chi connectivity index (χ1n) is 6.81. The number of aromatic nitrogens is 1. The van der Waals surface area contributed by atoms with E-state index in [4.69, 9.17) is 12.2 Å². The zero-order valence-corrected chi connectivity index (χ0v) is 12.9. The predicted octanol–water partition coefficient (Wildman–Crippen LogP) is 4.26. The van der Waals surface area contributed by atoms with Crippen LogP contribution in [0.5, 0.6) is 5.75 Å². The lowest BCUT2D eigenvalue weighted by Gasteiger charge is -2.01. The molecule has 0 atom stereocenters. The molecule has 2 aromatic carbocycles. The molecule has 9 heteroatoms. The quantitative estimate of drug-likeness (QED) is 0.285. The Balaban J connectivity index is 1.83. The Morgan fingerprint density at radius 3 is 2.71 bits per heavy atom. The Hall–Kier alpha value is -3.33. The summed E-state index contributed by atoms with van der Waals surface area (Å²) in [7, 11) is 0. The van der Waals surface area contributed by atoms with Gasteiger partial charge in [0.15, 0.2) is 11.6 Å². The summed E-state index contributed by atoms with van der Waals surface area (Å²) in [6, 6.07) is 13.3. The van der Waals surface area contributed by atoms with Crippen molar-refractivity contribution in [1.82, 2.24) is 4.98 Å². The fourth-order valence-electron chi connectivity index (χ4n) is 2.10. The standard InChI is InChI=1S/C15H11N5O3S/c21-13-11-8-10(20(22)23)6-7-12(11)17-14(13)18-19-15(24)16-9-4-2-1-3-5-9/h1-8,17,21H,(H,16,24). The van der Waals surface area contributed by atoms with Crippen LogP contribution in [0.2, 0.25) is 0 Å². The molecule has 1 heterocycles. The third-order valence-corrected chi connectivity index (χ3v) is 3.40. The van der Waals surface area contributed by atoms with Crippen LogP contribution in [-0.4, -0.2) is 20.1 Å². The van der Waals surface area contributed by atoms with Crippen molar-refractivity contribution in [3.63, 3.8) is 0 Å². The van der Waals surface area contributed by atoms with Gasteiger partial charge in [-0.15, -0.1) is 10.2 Å². The lowest BCUT2D eigenvalue weighted by molar-refractivity contribution is -0.384. The molecule has 120 valence electrons. The van der Waals surface area contributed by atoms with Crippen molar-refractivity contribution in [3.05, 3.63) is 58.6 Å². The van der Waals surface area contributed by atoms with Crippen LogP contribution < -0.4 is 5.32 Å². The lowest BCUT2D eigenvalue weighted by atomic mass is 10.2. The van der Waals surface area contributed by atoms with E-state index in [9.17, 15) is 15.2 Å². The molecule has 3 N–H and O–H groups in total. The number of H-pyrrole nitrogens is 1. The number of fused-ring (bicyclic) bond motifs is 1. The fraction of sp³-hybridized carbons (Fsp3) is 0. The highest BCUT2D eigenvalue weighted by Gasteiger charge is 2.14. The highest BCUT2D eigenvalue weighted by Crippen LogP contribution is 2.36. The number of aromatic amines is 1. The van der Waals surface area contributed by atoms with Crippen molar-refractivity contribution >= 4 is 45.4 Å². The van der Waals surface area contributed by atoms with E-state index < -0.39 is 4.92 Å². The van der Waals surface area contributed by atoms with Crippen LogP contribution in [0.3, 0.4) is 0 Å². The second-order valence-electron chi connectivity index (χ2n) is 4.81. The highest BCUT2D eigenvalue weighted by molar-refractivity contribution is 7.80. The number of thiocarbonyl (C=S) groups is 1. The van der Waals surface area contributed by atoms with Crippen LogP contribution in [-0.2, 0) is 0 Å². The lowest BCUT2D eigenvalue weighted by Crippen LogP contribution is -2.04. The van der Waals surface area contributed by atoms with Crippen LogP contribution >= 0.6 is 12.2 Å². The molecule has 1 aromatic heterocycles. The zero-order valence-electron chi connectivity index (χ0n) is 12.1. The van der Waals surface area contributed by atoms with Crippen molar-refractivity contribution in [2.24, 2.45) is 10.2 Å². The number of hydrogen-bond donors (Lipinski definition) is 3. The van der Waals surface area contributed by atoms with E-state index in [1.807, 2.05) is 30.3 Å². The Bertz CT molecular complexity index is 952. The van der Waals surface area contributed by atoms with Crippen LogP contribution in [0, 0.1) is 10.1 Å². The summed E-state index contributed by atoms with van der Waals surface area (Å²) in [4.78, 5) is 13.1. The first-order valence-corrected chi connectivity index (χ1v) is 7.22. The summed E-state index contributed by atoms with van der Waals surface area (Å²) < 4.78 is 0. The van der Waals surface area contributed by atoms with Gasteiger partial charge in [0, 0.05) is 17.8 Å². The van der Waals surface area contributed by atoms with E-state index in [1.54, 1.807) is 0 Å². The molecule has 0 bridgehead atoms. The molecule has 3 aromatic rings. The van der Waals surface area contributed by atoms with Gasteiger partial charge in [0.2, 0.25) is 5.11 Å². The van der Waals surface area contributed by atoms with Crippen LogP contribution in [0.15, 0.2) is 58.8 Å². The molecular weight excluding hydrogens is 330 g/mol. The minimum atomic E-state index is -0.536. The smallest absolute Gasteiger partial charge is 0.270 e. The van der Waals surface area contributed by atoms with E-state index >= 15 is 0 Å². The normalized spacial score (nSPS) is 11.0. The summed E-state index contributed by atoms with van der Waals surface area (Å²) in [6.45, 7) is 0. The number of anilines is 1. The number of non-ortho nitro benzene ring substituents is 1. The van der Waals surface area contributed by atoms with Gasteiger partial charge in [-0.3, -0.25) is 10.1 Å². The molecule has 0 amide bonds. The van der Waals surface area contributed by atoms with Gasteiger partial charge in [-0.2, -0.15) is 0 Å². The summed E-state index contributed by atoms with van der Waals surface area (Å²) in [6.07, 6.45) is 0. The van der Waals surface area contributed by atoms with E-state index in [1.165, 1.54) is 18.2 Å². The van der Waals surface area contributed by atoms with Gasteiger partial charge in [0.1, 0.15) is 0 Å².